The van der Waals surface area contributed by atoms with Crippen LogP contribution in [-0.2, 0) is 0 Å². The molecule has 2 unspecified atom stereocenters. The summed E-state index contributed by atoms with van der Waals surface area (Å²) in [5.74, 6) is 0. The van der Waals surface area contributed by atoms with Crippen LogP contribution < -0.4 is 5.32 Å². The van der Waals surface area contributed by atoms with Crippen LogP contribution in [0.5, 0.6) is 0 Å². The molecule has 1 aromatic heterocycles. The Kier molecular flexibility index (Phi) is 4.53. The standard InChI is InChI=1S/C18H30N2/c1-12-10-13(2)19-14(3)17(12)15(4)20-16-8-7-9-18(5,6)11-16/h10,15-16,20H,7-9,11H2,1-6H3. The maximum Gasteiger partial charge on any atom is 0.0426 e. The molecule has 0 saturated heterocycles. The molecule has 2 atom stereocenters. The molecule has 1 aliphatic carbocycles. The van der Waals surface area contributed by atoms with E-state index in [2.05, 4.69) is 57.9 Å². The van der Waals surface area contributed by atoms with Crippen molar-refractivity contribution in [1.82, 2.24) is 10.3 Å². The average Bonchev–Trinajstić information content (AvgIpc) is 2.25. The first-order valence-corrected chi connectivity index (χ1v) is 7.99. The van der Waals surface area contributed by atoms with Gasteiger partial charge in [-0.25, -0.2) is 0 Å². The summed E-state index contributed by atoms with van der Waals surface area (Å²) in [7, 11) is 0. The zero-order valence-corrected chi connectivity index (χ0v) is 14.0. The minimum Gasteiger partial charge on any atom is -0.307 e. The molecule has 0 aromatic carbocycles. The number of nitrogens with one attached hydrogen (secondary N) is 1. The molecule has 1 saturated carbocycles. The van der Waals surface area contributed by atoms with Crippen LogP contribution in [0.3, 0.4) is 0 Å². The fourth-order valence-electron chi connectivity index (χ4n) is 3.97. The van der Waals surface area contributed by atoms with Gasteiger partial charge in [-0.1, -0.05) is 20.3 Å². The molecular formula is C18H30N2. The zero-order chi connectivity index (χ0) is 14.9. The number of pyridine rings is 1. The van der Waals surface area contributed by atoms with E-state index in [-0.39, 0.29) is 0 Å². The molecule has 2 nitrogen and oxygen atoms in total. The summed E-state index contributed by atoms with van der Waals surface area (Å²) in [6.45, 7) is 13.5. The van der Waals surface area contributed by atoms with Gasteiger partial charge in [0.25, 0.3) is 0 Å². The van der Waals surface area contributed by atoms with Crippen LogP contribution in [0.15, 0.2) is 6.07 Å². The van der Waals surface area contributed by atoms with Crippen molar-refractivity contribution in [2.24, 2.45) is 5.41 Å². The molecular weight excluding hydrogens is 244 g/mol. The van der Waals surface area contributed by atoms with Crippen LogP contribution >= 0.6 is 0 Å². The van der Waals surface area contributed by atoms with Crippen LogP contribution in [-0.4, -0.2) is 11.0 Å². The quantitative estimate of drug-likeness (QED) is 0.869. The maximum atomic E-state index is 4.64. The molecule has 2 heteroatoms. The summed E-state index contributed by atoms with van der Waals surface area (Å²) in [6, 6.07) is 3.24. The third kappa shape index (κ3) is 3.60. The lowest BCUT2D eigenvalue weighted by atomic mass is 9.75. The van der Waals surface area contributed by atoms with Crippen molar-refractivity contribution >= 4 is 0 Å². The van der Waals surface area contributed by atoms with E-state index in [4.69, 9.17) is 0 Å². The van der Waals surface area contributed by atoms with Gasteiger partial charge in [-0.2, -0.15) is 0 Å². The lowest BCUT2D eigenvalue weighted by molar-refractivity contribution is 0.191. The van der Waals surface area contributed by atoms with Crippen LogP contribution in [0, 0.1) is 26.2 Å². The molecule has 0 radical (unpaired) electrons. The summed E-state index contributed by atoms with van der Waals surface area (Å²) < 4.78 is 0. The van der Waals surface area contributed by atoms with Crippen molar-refractivity contribution in [2.75, 3.05) is 0 Å². The Hall–Kier alpha value is -0.890. The molecule has 112 valence electrons. The SMILES string of the molecule is Cc1cc(C)c(C(C)NC2CCCC(C)(C)C2)c(C)n1. The minimum atomic E-state index is 0.391. The predicted molar refractivity (Wildman–Crippen MR) is 86.0 cm³/mol. The molecule has 0 spiro atoms. The largest absolute Gasteiger partial charge is 0.307 e. The molecule has 2 rings (SSSR count). The number of hydrogen-bond donors (Lipinski definition) is 1. The topological polar surface area (TPSA) is 24.9 Å². The first-order chi connectivity index (χ1) is 9.28. The van der Waals surface area contributed by atoms with E-state index in [0.717, 1.165) is 5.69 Å². The summed E-state index contributed by atoms with van der Waals surface area (Å²) in [4.78, 5) is 4.64. The Morgan fingerprint density at radius 1 is 1.30 bits per heavy atom. The highest BCUT2D eigenvalue weighted by Gasteiger charge is 2.29. The highest BCUT2D eigenvalue weighted by Crippen LogP contribution is 2.36. The van der Waals surface area contributed by atoms with Gasteiger partial charge in [0.15, 0.2) is 0 Å². The van der Waals surface area contributed by atoms with Gasteiger partial charge >= 0.3 is 0 Å². The first kappa shape index (κ1) is 15.5. The van der Waals surface area contributed by atoms with E-state index in [1.165, 1.54) is 42.5 Å². The van der Waals surface area contributed by atoms with Crippen LogP contribution in [0.2, 0.25) is 0 Å². The lowest BCUT2D eigenvalue weighted by Gasteiger charge is -2.37. The maximum absolute atomic E-state index is 4.64. The number of rotatable bonds is 3. The van der Waals surface area contributed by atoms with Gasteiger partial charge in [-0.3, -0.25) is 4.98 Å². The van der Waals surface area contributed by atoms with Crippen molar-refractivity contribution in [3.8, 4) is 0 Å². The smallest absolute Gasteiger partial charge is 0.0426 e. The van der Waals surface area contributed by atoms with Crippen LogP contribution in [0.25, 0.3) is 0 Å². The fourth-order valence-corrected chi connectivity index (χ4v) is 3.97. The molecule has 1 heterocycles. The third-order valence-electron chi connectivity index (χ3n) is 4.71. The van der Waals surface area contributed by atoms with Crippen molar-refractivity contribution in [2.45, 2.75) is 79.3 Å². The summed E-state index contributed by atoms with van der Waals surface area (Å²) in [6.07, 6.45) is 5.31. The Morgan fingerprint density at radius 2 is 2.00 bits per heavy atom. The Balaban J connectivity index is 2.10. The molecule has 0 aliphatic heterocycles. The van der Waals surface area contributed by atoms with Crippen LogP contribution in [0.4, 0.5) is 0 Å². The average molecular weight is 274 g/mol. The molecule has 1 aromatic rings. The van der Waals surface area contributed by atoms with Gasteiger partial charge in [0.1, 0.15) is 0 Å². The van der Waals surface area contributed by atoms with Gasteiger partial charge in [-0.15, -0.1) is 0 Å². The predicted octanol–water partition coefficient (Wildman–Crippen LogP) is 4.63. The minimum absolute atomic E-state index is 0.391. The Labute approximate surface area is 124 Å². The van der Waals surface area contributed by atoms with E-state index in [1.54, 1.807) is 0 Å². The molecule has 1 N–H and O–H groups in total. The van der Waals surface area contributed by atoms with Gasteiger partial charge in [0, 0.05) is 23.5 Å². The van der Waals surface area contributed by atoms with E-state index in [1.807, 2.05) is 0 Å². The Morgan fingerprint density at radius 3 is 2.60 bits per heavy atom. The molecule has 0 amide bonds. The van der Waals surface area contributed by atoms with Gasteiger partial charge < -0.3 is 5.32 Å². The number of hydrogen-bond acceptors (Lipinski definition) is 2. The normalized spacial score (nSPS) is 23.6. The second-order valence-corrected chi connectivity index (χ2v) is 7.43. The monoisotopic (exact) mass is 274 g/mol. The number of nitrogens with zero attached hydrogens (tertiary/aromatic N) is 1. The number of aromatic nitrogens is 1. The van der Waals surface area contributed by atoms with E-state index >= 15 is 0 Å². The van der Waals surface area contributed by atoms with Gasteiger partial charge in [0.2, 0.25) is 0 Å². The van der Waals surface area contributed by atoms with E-state index in [0.29, 0.717) is 17.5 Å². The number of aryl methyl sites for hydroxylation is 3. The zero-order valence-electron chi connectivity index (χ0n) is 14.0. The second-order valence-electron chi connectivity index (χ2n) is 7.43. The Bertz CT molecular complexity index is 453. The third-order valence-corrected chi connectivity index (χ3v) is 4.71. The summed E-state index contributed by atoms with van der Waals surface area (Å²) in [5, 5.41) is 3.85. The summed E-state index contributed by atoms with van der Waals surface area (Å²) in [5.41, 5.74) is 5.54. The van der Waals surface area contributed by atoms with Crippen molar-refractivity contribution < 1.29 is 0 Å². The summed E-state index contributed by atoms with van der Waals surface area (Å²) >= 11 is 0. The second kappa shape index (κ2) is 5.85. The van der Waals surface area contributed by atoms with Gasteiger partial charge in [-0.05, 0) is 69.6 Å². The van der Waals surface area contributed by atoms with Crippen molar-refractivity contribution in [1.29, 1.82) is 0 Å². The molecule has 0 bridgehead atoms. The molecule has 1 fully saturated rings. The first-order valence-electron chi connectivity index (χ1n) is 7.99. The highest BCUT2D eigenvalue weighted by molar-refractivity contribution is 5.33. The van der Waals surface area contributed by atoms with E-state index < -0.39 is 0 Å². The molecule has 1 aliphatic rings. The lowest BCUT2D eigenvalue weighted by Crippen LogP contribution is -2.39. The van der Waals surface area contributed by atoms with Crippen molar-refractivity contribution in [3.63, 3.8) is 0 Å². The van der Waals surface area contributed by atoms with Gasteiger partial charge in [0.05, 0.1) is 0 Å². The van der Waals surface area contributed by atoms with Crippen LogP contribution in [0.1, 0.15) is 75.0 Å². The van der Waals surface area contributed by atoms with Crippen molar-refractivity contribution in [3.05, 3.63) is 28.6 Å². The van der Waals surface area contributed by atoms with E-state index in [9.17, 15) is 0 Å². The molecule has 20 heavy (non-hydrogen) atoms. The fraction of sp³-hybridized carbons (Fsp3) is 0.722. The highest BCUT2D eigenvalue weighted by atomic mass is 15.0.